The third-order valence-corrected chi connectivity index (χ3v) is 2.41. The molecule has 0 fully saturated rings. The Hall–Kier alpha value is -2.38. The van der Waals surface area contributed by atoms with Gasteiger partial charge in [0.25, 0.3) is 0 Å². The van der Waals surface area contributed by atoms with Crippen LogP contribution in [0.15, 0.2) is 12.1 Å². The highest BCUT2D eigenvalue weighted by Crippen LogP contribution is 2.26. The molecule has 2 heterocycles. The Labute approximate surface area is 117 Å². The molecule has 0 amide bonds. The first-order valence-electron chi connectivity index (χ1n) is 6.30. The zero-order valence-electron chi connectivity index (χ0n) is 12.0. The van der Waals surface area contributed by atoms with E-state index < -0.39 is 0 Å². The van der Waals surface area contributed by atoms with E-state index in [1.807, 2.05) is 27.7 Å². The minimum atomic E-state index is -0.362. The first kappa shape index (κ1) is 14.0. The maximum Gasteiger partial charge on any atom is 0.239 e. The number of hydrogen-bond donors (Lipinski definition) is 3. The largest absolute Gasteiger partial charge is 0.470 e. The highest BCUT2D eigenvalue weighted by molar-refractivity contribution is 5.54. The standard InChI is InChI=1S/C12H19N7O/c1-7(10-16-18-19-17-10)14-9-6-5-8(13)11(15-9)20-12(2,3)4/h5-7H,13H2,1-4H3,(H,14,15)(H,16,17,18,19). The lowest BCUT2D eigenvalue weighted by molar-refractivity contribution is 0.125. The van der Waals surface area contributed by atoms with Crippen molar-refractivity contribution in [1.29, 1.82) is 0 Å². The summed E-state index contributed by atoms with van der Waals surface area (Å²) in [5, 5.41) is 16.9. The molecule has 8 heteroatoms. The fourth-order valence-corrected chi connectivity index (χ4v) is 1.54. The molecular weight excluding hydrogens is 258 g/mol. The summed E-state index contributed by atoms with van der Waals surface area (Å²) in [5.41, 5.74) is 6.00. The molecule has 0 aliphatic rings. The number of anilines is 2. The van der Waals surface area contributed by atoms with Crippen molar-refractivity contribution >= 4 is 11.5 Å². The molecule has 1 unspecified atom stereocenters. The summed E-state index contributed by atoms with van der Waals surface area (Å²) in [5.74, 6) is 1.60. The van der Waals surface area contributed by atoms with Crippen molar-refractivity contribution in [1.82, 2.24) is 25.6 Å². The molecule has 0 radical (unpaired) electrons. The molecule has 0 aromatic carbocycles. The minimum Gasteiger partial charge on any atom is -0.470 e. The van der Waals surface area contributed by atoms with Crippen LogP contribution in [-0.4, -0.2) is 31.2 Å². The summed E-state index contributed by atoms with van der Waals surface area (Å²) in [7, 11) is 0. The Morgan fingerprint density at radius 3 is 2.70 bits per heavy atom. The summed E-state index contributed by atoms with van der Waals surface area (Å²) < 4.78 is 5.72. The van der Waals surface area contributed by atoms with Crippen LogP contribution < -0.4 is 15.8 Å². The summed E-state index contributed by atoms with van der Waals surface area (Å²) in [4.78, 5) is 4.36. The van der Waals surface area contributed by atoms with Crippen LogP contribution in [0.4, 0.5) is 11.5 Å². The normalized spacial score (nSPS) is 13.0. The van der Waals surface area contributed by atoms with Crippen LogP contribution in [0, 0.1) is 0 Å². The number of aromatic nitrogens is 5. The fraction of sp³-hybridized carbons (Fsp3) is 0.500. The number of ether oxygens (including phenoxy) is 1. The van der Waals surface area contributed by atoms with Gasteiger partial charge in [-0.25, -0.2) is 0 Å². The van der Waals surface area contributed by atoms with E-state index in [0.717, 1.165) is 0 Å². The number of nitrogens with one attached hydrogen (secondary N) is 2. The summed E-state index contributed by atoms with van der Waals surface area (Å²) in [6.45, 7) is 7.73. The second-order valence-electron chi connectivity index (χ2n) is 5.44. The Bertz CT molecular complexity index is 562. The van der Waals surface area contributed by atoms with Gasteiger partial charge in [-0.05, 0) is 39.8 Å². The van der Waals surface area contributed by atoms with Gasteiger partial charge >= 0.3 is 0 Å². The number of H-pyrrole nitrogens is 1. The van der Waals surface area contributed by atoms with Gasteiger partial charge in [-0.15, -0.1) is 10.2 Å². The Morgan fingerprint density at radius 1 is 1.35 bits per heavy atom. The molecule has 108 valence electrons. The van der Waals surface area contributed by atoms with Gasteiger partial charge in [-0.1, -0.05) is 5.21 Å². The van der Waals surface area contributed by atoms with E-state index in [0.29, 0.717) is 23.2 Å². The van der Waals surface area contributed by atoms with Crippen molar-refractivity contribution in [2.75, 3.05) is 11.1 Å². The molecule has 4 N–H and O–H groups in total. The predicted octanol–water partition coefficient (Wildman–Crippen LogP) is 1.53. The molecule has 0 aliphatic heterocycles. The zero-order valence-corrected chi connectivity index (χ0v) is 12.0. The first-order chi connectivity index (χ1) is 9.35. The Balaban J connectivity index is 2.15. The van der Waals surface area contributed by atoms with E-state index in [2.05, 4.69) is 30.9 Å². The van der Waals surface area contributed by atoms with Gasteiger partial charge in [0, 0.05) is 0 Å². The quantitative estimate of drug-likeness (QED) is 0.776. The average molecular weight is 277 g/mol. The predicted molar refractivity (Wildman–Crippen MR) is 75.2 cm³/mol. The number of pyridine rings is 1. The van der Waals surface area contributed by atoms with E-state index in [1.54, 1.807) is 12.1 Å². The lowest BCUT2D eigenvalue weighted by Crippen LogP contribution is -2.24. The molecule has 8 nitrogen and oxygen atoms in total. The summed E-state index contributed by atoms with van der Waals surface area (Å²) >= 11 is 0. The van der Waals surface area contributed by atoms with E-state index in [4.69, 9.17) is 10.5 Å². The van der Waals surface area contributed by atoms with Crippen molar-refractivity contribution in [3.63, 3.8) is 0 Å². The van der Waals surface area contributed by atoms with Crippen molar-refractivity contribution in [2.24, 2.45) is 0 Å². The molecule has 0 aliphatic carbocycles. The number of nitrogens with two attached hydrogens (primary N) is 1. The maximum atomic E-state index is 5.87. The highest BCUT2D eigenvalue weighted by atomic mass is 16.5. The number of aromatic amines is 1. The SMILES string of the molecule is CC(Nc1ccc(N)c(OC(C)(C)C)n1)c1nn[nH]n1. The van der Waals surface area contributed by atoms with Crippen LogP contribution >= 0.6 is 0 Å². The molecular formula is C12H19N7O. The summed E-state index contributed by atoms with van der Waals surface area (Å²) in [6.07, 6.45) is 0. The van der Waals surface area contributed by atoms with Gasteiger partial charge in [-0.2, -0.15) is 10.2 Å². The van der Waals surface area contributed by atoms with Gasteiger partial charge in [0.1, 0.15) is 11.4 Å². The van der Waals surface area contributed by atoms with E-state index in [-0.39, 0.29) is 11.6 Å². The number of tetrazole rings is 1. The molecule has 2 aromatic rings. The van der Waals surface area contributed by atoms with Crippen LogP contribution in [0.5, 0.6) is 5.88 Å². The topological polar surface area (TPSA) is 115 Å². The van der Waals surface area contributed by atoms with E-state index >= 15 is 0 Å². The Morgan fingerprint density at radius 2 is 2.10 bits per heavy atom. The van der Waals surface area contributed by atoms with Gasteiger partial charge in [-0.3, -0.25) is 0 Å². The second-order valence-corrected chi connectivity index (χ2v) is 5.44. The first-order valence-corrected chi connectivity index (χ1v) is 6.30. The van der Waals surface area contributed by atoms with E-state index in [1.165, 1.54) is 0 Å². The van der Waals surface area contributed by atoms with Crippen LogP contribution in [0.1, 0.15) is 39.6 Å². The lowest BCUT2D eigenvalue weighted by atomic mass is 10.2. The van der Waals surface area contributed by atoms with E-state index in [9.17, 15) is 0 Å². The highest BCUT2D eigenvalue weighted by Gasteiger charge is 2.16. The number of rotatable bonds is 4. The molecule has 20 heavy (non-hydrogen) atoms. The monoisotopic (exact) mass is 277 g/mol. The van der Waals surface area contributed by atoms with Gasteiger partial charge < -0.3 is 15.8 Å². The molecule has 2 aromatic heterocycles. The van der Waals surface area contributed by atoms with Crippen LogP contribution in [-0.2, 0) is 0 Å². The van der Waals surface area contributed by atoms with Gasteiger partial charge in [0.2, 0.25) is 5.88 Å². The second kappa shape index (κ2) is 5.32. The number of hydrogen-bond acceptors (Lipinski definition) is 7. The van der Waals surface area contributed by atoms with Crippen LogP contribution in [0.2, 0.25) is 0 Å². The van der Waals surface area contributed by atoms with Crippen molar-refractivity contribution in [3.05, 3.63) is 18.0 Å². The van der Waals surface area contributed by atoms with Crippen LogP contribution in [0.3, 0.4) is 0 Å². The zero-order chi connectivity index (χ0) is 14.8. The molecule has 0 bridgehead atoms. The lowest BCUT2D eigenvalue weighted by Gasteiger charge is -2.22. The van der Waals surface area contributed by atoms with Gasteiger partial charge in [0.15, 0.2) is 5.82 Å². The molecule has 0 saturated carbocycles. The number of nitrogen functional groups attached to an aromatic ring is 1. The van der Waals surface area contributed by atoms with Crippen LogP contribution in [0.25, 0.3) is 0 Å². The Kier molecular flexibility index (Phi) is 3.73. The molecule has 0 saturated heterocycles. The summed E-state index contributed by atoms with van der Waals surface area (Å²) in [6, 6.07) is 3.40. The third kappa shape index (κ3) is 3.56. The maximum absolute atomic E-state index is 5.87. The smallest absolute Gasteiger partial charge is 0.239 e. The third-order valence-electron chi connectivity index (χ3n) is 2.41. The average Bonchev–Trinajstić information content (AvgIpc) is 2.85. The molecule has 1 atom stereocenters. The molecule has 2 rings (SSSR count). The van der Waals surface area contributed by atoms with Gasteiger partial charge in [0.05, 0.1) is 11.7 Å². The minimum absolute atomic E-state index is 0.132. The fourth-order valence-electron chi connectivity index (χ4n) is 1.54. The van der Waals surface area contributed by atoms with Crippen molar-refractivity contribution in [2.45, 2.75) is 39.3 Å². The van der Waals surface area contributed by atoms with Crippen molar-refractivity contribution in [3.8, 4) is 5.88 Å². The van der Waals surface area contributed by atoms with Crippen molar-refractivity contribution < 1.29 is 4.74 Å². The number of nitrogens with zero attached hydrogens (tertiary/aromatic N) is 4. The molecule has 0 spiro atoms.